The number of rotatable bonds is 7. The molecule has 0 saturated carbocycles. The van der Waals surface area contributed by atoms with Crippen molar-refractivity contribution < 1.29 is 14.7 Å². The molecule has 196 valence electrons. The monoisotopic (exact) mass is 512 g/mol. The average Bonchev–Trinajstić information content (AvgIpc) is 3.28. The van der Waals surface area contributed by atoms with E-state index in [2.05, 4.69) is 10.6 Å². The lowest BCUT2D eigenvalue weighted by molar-refractivity contribution is -0.122. The van der Waals surface area contributed by atoms with Gasteiger partial charge in [0.1, 0.15) is 5.69 Å². The van der Waals surface area contributed by atoms with E-state index in [0.717, 1.165) is 22.4 Å². The molecule has 9 heteroatoms. The van der Waals surface area contributed by atoms with Gasteiger partial charge >= 0.3 is 0 Å². The van der Waals surface area contributed by atoms with Crippen molar-refractivity contribution in [3.05, 3.63) is 101 Å². The molecule has 0 spiro atoms. The highest BCUT2D eigenvalue weighted by atomic mass is 16.3. The van der Waals surface area contributed by atoms with Crippen molar-refractivity contribution in [1.82, 2.24) is 25.1 Å². The Labute approximate surface area is 221 Å². The Hall–Kier alpha value is -4.21. The zero-order valence-corrected chi connectivity index (χ0v) is 21.5. The number of benzene rings is 2. The van der Waals surface area contributed by atoms with E-state index in [1.54, 1.807) is 36.9 Å². The molecule has 0 aliphatic carbocycles. The molecule has 2 unspecified atom stereocenters. The summed E-state index contributed by atoms with van der Waals surface area (Å²) >= 11 is 0. The van der Waals surface area contributed by atoms with Crippen LogP contribution in [0.3, 0.4) is 0 Å². The van der Waals surface area contributed by atoms with E-state index in [-0.39, 0.29) is 18.3 Å². The molecule has 9 nitrogen and oxygen atoms in total. The molecule has 3 aromatic rings. The molecule has 0 saturated heterocycles. The van der Waals surface area contributed by atoms with E-state index in [1.807, 2.05) is 59.5 Å². The molecule has 2 aromatic carbocycles. The number of carbonyl (C=O) groups excluding carboxylic acids is 2. The second-order valence-electron chi connectivity index (χ2n) is 9.74. The van der Waals surface area contributed by atoms with Crippen LogP contribution in [-0.4, -0.2) is 57.1 Å². The van der Waals surface area contributed by atoms with Gasteiger partial charge in [-0.3, -0.25) is 14.5 Å². The minimum absolute atomic E-state index is 0.119. The summed E-state index contributed by atoms with van der Waals surface area (Å²) in [5.74, 6) is -0.804. The van der Waals surface area contributed by atoms with Gasteiger partial charge in [0.25, 0.3) is 11.8 Å². The van der Waals surface area contributed by atoms with Crippen LogP contribution in [0.2, 0.25) is 0 Å². The molecule has 2 aliphatic rings. The summed E-state index contributed by atoms with van der Waals surface area (Å²) in [6.45, 7) is 2.88. The SMILES string of the molecule is CC(O)CN1CCc2c(nc(C(N)=O)n2C)C1(NC(=O)C1=CC=CNC1)c1cccc(-c2ccccc2)c1. The Morgan fingerprint density at radius 3 is 2.63 bits per heavy atom. The summed E-state index contributed by atoms with van der Waals surface area (Å²) in [7, 11) is 1.77. The van der Waals surface area contributed by atoms with Gasteiger partial charge in [-0.05, 0) is 42.0 Å². The molecule has 2 aliphatic heterocycles. The van der Waals surface area contributed by atoms with E-state index in [0.29, 0.717) is 30.8 Å². The van der Waals surface area contributed by atoms with Crippen LogP contribution in [0.5, 0.6) is 0 Å². The third-order valence-electron chi connectivity index (χ3n) is 7.13. The molecular weight excluding hydrogens is 480 g/mol. The molecule has 0 fully saturated rings. The largest absolute Gasteiger partial charge is 0.392 e. The van der Waals surface area contributed by atoms with Crippen molar-refractivity contribution in [2.45, 2.75) is 25.1 Å². The molecule has 3 heterocycles. The van der Waals surface area contributed by atoms with Gasteiger partial charge in [0, 0.05) is 44.4 Å². The van der Waals surface area contributed by atoms with E-state index in [1.165, 1.54) is 0 Å². The maximum Gasteiger partial charge on any atom is 0.284 e. The Morgan fingerprint density at radius 1 is 1.18 bits per heavy atom. The quantitative estimate of drug-likeness (QED) is 0.383. The number of β-amino-alcohol motifs (C(OH)–C–C–N with tert-alkyl or cyclic N) is 1. The van der Waals surface area contributed by atoms with E-state index < -0.39 is 17.7 Å². The fourth-order valence-corrected chi connectivity index (χ4v) is 5.38. The summed E-state index contributed by atoms with van der Waals surface area (Å²) in [6, 6.07) is 17.9. The first-order valence-electron chi connectivity index (χ1n) is 12.7. The maximum atomic E-state index is 13.8. The second-order valence-corrected chi connectivity index (χ2v) is 9.74. The number of hydrogen-bond donors (Lipinski definition) is 4. The summed E-state index contributed by atoms with van der Waals surface area (Å²) in [6.07, 6.45) is 5.24. The number of primary amides is 1. The van der Waals surface area contributed by atoms with E-state index >= 15 is 0 Å². The summed E-state index contributed by atoms with van der Waals surface area (Å²) in [5, 5.41) is 16.9. The number of aliphatic hydroxyl groups is 1. The first-order valence-corrected chi connectivity index (χ1v) is 12.7. The van der Waals surface area contributed by atoms with Crippen LogP contribution >= 0.6 is 0 Å². The van der Waals surface area contributed by atoms with Crippen molar-refractivity contribution >= 4 is 11.8 Å². The lowest BCUT2D eigenvalue weighted by atomic mass is 9.85. The van der Waals surface area contributed by atoms with Crippen molar-refractivity contribution in [2.75, 3.05) is 19.6 Å². The van der Waals surface area contributed by atoms with E-state index in [9.17, 15) is 14.7 Å². The van der Waals surface area contributed by atoms with Gasteiger partial charge in [-0.15, -0.1) is 0 Å². The molecule has 5 N–H and O–H groups in total. The van der Waals surface area contributed by atoms with Crippen molar-refractivity contribution in [2.24, 2.45) is 12.8 Å². The van der Waals surface area contributed by atoms with Gasteiger partial charge in [-0.2, -0.15) is 0 Å². The van der Waals surface area contributed by atoms with Crippen LogP contribution in [0.25, 0.3) is 11.1 Å². The number of amides is 2. The van der Waals surface area contributed by atoms with Crippen LogP contribution in [0.15, 0.2) is 78.5 Å². The van der Waals surface area contributed by atoms with E-state index in [4.69, 9.17) is 10.7 Å². The molecule has 2 atom stereocenters. The second kappa shape index (κ2) is 10.3. The third kappa shape index (κ3) is 4.51. The number of carbonyl (C=O) groups is 2. The van der Waals surface area contributed by atoms with Crippen LogP contribution in [0.1, 0.15) is 34.5 Å². The zero-order chi connectivity index (χ0) is 26.9. The molecule has 5 rings (SSSR count). The maximum absolute atomic E-state index is 13.8. The summed E-state index contributed by atoms with van der Waals surface area (Å²) in [5.41, 5.74) is 9.08. The van der Waals surface area contributed by atoms with Gasteiger partial charge in [0.2, 0.25) is 0 Å². The van der Waals surface area contributed by atoms with Gasteiger partial charge in [0.05, 0.1) is 6.10 Å². The minimum Gasteiger partial charge on any atom is -0.392 e. The van der Waals surface area contributed by atoms with Crippen molar-refractivity contribution in [1.29, 1.82) is 0 Å². The number of nitrogens with two attached hydrogens (primary N) is 1. The van der Waals surface area contributed by atoms with Gasteiger partial charge in [-0.25, -0.2) is 4.98 Å². The lowest BCUT2D eigenvalue weighted by Gasteiger charge is -2.47. The third-order valence-corrected chi connectivity index (χ3v) is 7.13. The highest BCUT2D eigenvalue weighted by Gasteiger charge is 2.49. The number of aliphatic hydroxyl groups excluding tert-OH is 1. The molecule has 0 radical (unpaired) electrons. The Balaban J connectivity index is 1.76. The number of dihydropyridines is 1. The highest BCUT2D eigenvalue weighted by Crippen LogP contribution is 2.40. The van der Waals surface area contributed by atoms with Crippen LogP contribution in [-0.2, 0) is 23.9 Å². The molecule has 0 bridgehead atoms. The number of imidazole rings is 1. The first-order chi connectivity index (χ1) is 18.3. The number of fused-ring (bicyclic) bond motifs is 1. The van der Waals surface area contributed by atoms with Crippen LogP contribution in [0, 0.1) is 0 Å². The number of aromatic nitrogens is 2. The van der Waals surface area contributed by atoms with Gasteiger partial charge in [0.15, 0.2) is 11.5 Å². The average molecular weight is 513 g/mol. The van der Waals surface area contributed by atoms with Crippen molar-refractivity contribution in [3.63, 3.8) is 0 Å². The fraction of sp³-hybridized carbons (Fsp3) is 0.276. The van der Waals surface area contributed by atoms with Gasteiger partial charge < -0.3 is 26.0 Å². The number of allylic oxidation sites excluding steroid dienone is 2. The van der Waals surface area contributed by atoms with Gasteiger partial charge in [-0.1, -0.05) is 54.6 Å². The number of nitrogens with zero attached hydrogens (tertiary/aromatic N) is 3. The zero-order valence-electron chi connectivity index (χ0n) is 21.5. The number of hydrogen-bond acceptors (Lipinski definition) is 6. The minimum atomic E-state index is -1.26. The Bertz CT molecular complexity index is 1430. The highest BCUT2D eigenvalue weighted by molar-refractivity contribution is 5.95. The molecule has 1 aromatic heterocycles. The van der Waals surface area contributed by atoms with Crippen LogP contribution in [0.4, 0.5) is 0 Å². The smallest absolute Gasteiger partial charge is 0.284 e. The molecule has 2 amide bonds. The molecular formula is C29H32N6O3. The lowest BCUT2D eigenvalue weighted by Crippen LogP contribution is -2.63. The molecule has 38 heavy (non-hydrogen) atoms. The fourth-order valence-electron chi connectivity index (χ4n) is 5.38. The van der Waals surface area contributed by atoms with Crippen molar-refractivity contribution in [3.8, 4) is 11.1 Å². The summed E-state index contributed by atoms with van der Waals surface area (Å²) < 4.78 is 1.71. The normalized spacial score (nSPS) is 19.7. The topological polar surface area (TPSA) is 126 Å². The number of nitrogens with one attached hydrogen (secondary N) is 2. The van der Waals surface area contributed by atoms with Crippen LogP contribution < -0.4 is 16.4 Å². The Morgan fingerprint density at radius 2 is 1.95 bits per heavy atom. The predicted octanol–water partition coefficient (Wildman–Crippen LogP) is 1.79. The predicted molar refractivity (Wildman–Crippen MR) is 145 cm³/mol. The standard InChI is InChI=1S/C29H32N6O3/c1-19(36)18-35-15-13-24-25(32-27(26(30)37)34(24)2)29(35,33-28(38)22-11-7-14-31-17-22)23-12-6-10-21(16-23)20-8-4-3-5-9-20/h3-12,14,16,19,31,36H,13,15,17-18H2,1-2H3,(H2,30,37)(H,33,38). The Kier molecular flexibility index (Phi) is 6.88. The summed E-state index contributed by atoms with van der Waals surface area (Å²) in [4.78, 5) is 32.9. The first kappa shape index (κ1) is 25.4.